The van der Waals surface area contributed by atoms with Gasteiger partial charge in [0.25, 0.3) is 5.91 Å². The lowest BCUT2D eigenvalue weighted by molar-refractivity contribution is -0.129. The number of Topliss-reactive ketones (excluding diaryl/α,β-unsaturated/α-hetero) is 1. The van der Waals surface area contributed by atoms with Crippen LogP contribution in [0.3, 0.4) is 0 Å². The molecule has 0 fully saturated rings. The number of nitrogens with zero attached hydrogens (tertiary/aromatic N) is 1. The standard InChI is InChI=1S/C20H19NO5S/c1-2-7-21-17(12-5-6-13-14(11-12)26-9-8-25-13)16(19(23)20(21)24)18(22)15-4-3-10-27-15/h3-6,10-11,17,23H,2,7-9H2,1H3. The summed E-state index contributed by atoms with van der Waals surface area (Å²) in [6, 6.07) is 8.20. The summed E-state index contributed by atoms with van der Waals surface area (Å²) in [4.78, 5) is 27.7. The van der Waals surface area contributed by atoms with E-state index in [-0.39, 0.29) is 11.4 Å². The number of aliphatic hydroxyl groups excluding tert-OH is 1. The van der Waals surface area contributed by atoms with Crippen LogP contribution in [0.15, 0.2) is 47.0 Å². The van der Waals surface area contributed by atoms with Crippen molar-refractivity contribution in [3.63, 3.8) is 0 Å². The van der Waals surface area contributed by atoms with Crippen molar-refractivity contribution in [3.05, 3.63) is 57.5 Å². The Morgan fingerprint density at radius 3 is 2.74 bits per heavy atom. The second-order valence-corrected chi connectivity index (χ2v) is 7.32. The molecule has 1 aromatic carbocycles. The largest absolute Gasteiger partial charge is 0.503 e. The van der Waals surface area contributed by atoms with Crippen LogP contribution in [0.4, 0.5) is 0 Å². The summed E-state index contributed by atoms with van der Waals surface area (Å²) >= 11 is 1.29. The number of thiophene rings is 1. The first-order chi connectivity index (χ1) is 13.1. The normalized spacial score (nSPS) is 18.9. The van der Waals surface area contributed by atoms with Crippen molar-refractivity contribution >= 4 is 23.0 Å². The van der Waals surface area contributed by atoms with Gasteiger partial charge in [-0.2, -0.15) is 0 Å². The van der Waals surface area contributed by atoms with Crippen molar-refractivity contribution in [1.82, 2.24) is 4.90 Å². The summed E-state index contributed by atoms with van der Waals surface area (Å²) in [6.07, 6.45) is 0.709. The smallest absolute Gasteiger partial charge is 0.290 e. The zero-order valence-corrected chi connectivity index (χ0v) is 15.6. The first-order valence-corrected chi connectivity index (χ1v) is 9.71. The molecule has 1 unspecified atom stereocenters. The van der Waals surface area contributed by atoms with E-state index >= 15 is 0 Å². The molecule has 4 rings (SSSR count). The molecule has 1 atom stereocenters. The number of ether oxygens (including phenoxy) is 2. The molecule has 2 aliphatic rings. The van der Waals surface area contributed by atoms with Crippen molar-refractivity contribution in [1.29, 1.82) is 0 Å². The molecule has 0 radical (unpaired) electrons. The number of aliphatic hydroxyl groups is 1. The molecule has 0 saturated heterocycles. The average molecular weight is 385 g/mol. The van der Waals surface area contributed by atoms with E-state index in [0.29, 0.717) is 48.1 Å². The summed E-state index contributed by atoms with van der Waals surface area (Å²) < 4.78 is 11.2. The quantitative estimate of drug-likeness (QED) is 0.797. The number of amides is 1. The predicted octanol–water partition coefficient (Wildman–Crippen LogP) is 3.51. The maximum Gasteiger partial charge on any atom is 0.290 e. The van der Waals surface area contributed by atoms with E-state index < -0.39 is 17.7 Å². The van der Waals surface area contributed by atoms with Gasteiger partial charge in [0.1, 0.15) is 13.2 Å². The third-order valence-electron chi connectivity index (χ3n) is 4.64. The van der Waals surface area contributed by atoms with E-state index in [0.717, 1.165) is 0 Å². The minimum absolute atomic E-state index is 0.118. The van der Waals surface area contributed by atoms with Crippen LogP contribution < -0.4 is 9.47 Å². The second kappa shape index (κ2) is 7.08. The van der Waals surface area contributed by atoms with Crippen molar-refractivity contribution in [3.8, 4) is 11.5 Å². The Morgan fingerprint density at radius 1 is 1.26 bits per heavy atom. The van der Waals surface area contributed by atoms with Gasteiger partial charge in [-0.3, -0.25) is 9.59 Å². The Hall–Kier alpha value is -2.80. The Balaban J connectivity index is 1.80. The second-order valence-electron chi connectivity index (χ2n) is 6.37. The molecule has 140 valence electrons. The molecule has 0 bridgehead atoms. The third-order valence-corrected chi connectivity index (χ3v) is 5.51. The molecular formula is C20H19NO5S. The molecule has 0 spiro atoms. The maximum atomic E-state index is 13.0. The van der Waals surface area contributed by atoms with E-state index in [1.54, 1.807) is 34.5 Å². The Bertz CT molecular complexity index is 918. The summed E-state index contributed by atoms with van der Waals surface area (Å²) in [5, 5.41) is 12.3. The molecule has 0 aliphatic carbocycles. The van der Waals surface area contributed by atoms with Gasteiger partial charge in [0, 0.05) is 6.54 Å². The first-order valence-electron chi connectivity index (χ1n) is 8.83. The lowest BCUT2D eigenvalue weighted by Crippen LogP contribution is -2.32. The van der Waals surface area contributed by atoms with Gasteiger partial charge in [0.2, 0.25) is 5.78 Å². The lowest BCUT2D eigenvalue weighted by atomic mass is 9.95. The van der Waals surface area contributed by atoms with Crippen molar-refractivity contribution in [2.45, 2.75) is 19.4 Å². The number of carbonyl (C=O) groups is 2. The summed E-state index contributed by atoms with van der Waals surface area (Å²) in [7, 11) is 0. The summed E-state index contributed by atoms with van der Waals surface area (Å²) in [5.74, 6) is -0.0969. The minimum atomic E-state index is -0.650. The van der Waals surface area contributed by atoms with E-state index in [1.807, 2.05) is 13.0 Å². The highest BCUT2D eigenvalue weighted by Crippen LogP contribution is 2.42. The van der Waals surface area contributed by atoms with Crippen LogP contribution in [-0.4, -0.2) is 41.5 Å². The molecule has 6 nitrogen and oxygen atoms in total. The zero-order chi connectivity index (χ0) is 19.0. The fourth-order valence-electron chi connectivity index (χ4n) is 3.47. The molecule has 2 aromatic rings. The topological polar surface area (TPSA) is 76.1 Å². The third kappa shape index (κ3) is 2.98. The number of rotatable bonds is 5. The van der Waals surface area contributed by atoms with Gasteiger partial charge in [-0.05, 0) is 35.6 Å². The highest BCUT2D eigenvalue weighted by molar-refractivity contribution is 7.12. The zero-order valence-electron chi connectivity index (χ0n) is 14.8. The number of fused-ring (bicyclic) bond motifs is 1. The molecule has 1 N–H and O–H groups in total. The molecule has 3 heterocycles. The van der Waals surface area contributed by atoms with Gasteiger partial charge >= 0.3 is 0 Å². The van der Waals surface area contributed by atoms with E-state index in [4.69, 9.17) is 9.47 Å². The van der Waals surface area contributed by atoms with Gasteiger partial charge < -0.3 is 19.5 Å². The highest BCUT2D eigenvalue weighted by atomic mass is 32.1. The molecule has 2 aliphatic heterocycles. The number of benzene rings is 1. The highest BCUT2D eigenvalue weighted by Gasteiger charge is 2.43. The molecule has 0 saturated carbocycles. The Kier molecular flexibility index (Phi) is 4.61. The van der Waals surface area contributed by atoms with E-state index in [1.165, 1.54) is 11.3 Å². The molecule has 1 aromatic heterocycles. The van der Waals surface area contributed by atoms with Gasteiger partial charge in [-0.1, -0.05) is 19.1 Å². The molecule has 7 heteroatoms. The van der Waals surface area contributed by atoms with Crippen molar-refractivity contribution < 1.29 is 24.2 Å². The van der Waals surface area contributed by atoms with Crippen LogP contribution in [-0.2, 0) is 4.79 Å². The van der Waals surface area contributed by atoms with Crippen LogP contribution in [0, 0.1) is 0 Å². The fourth-order valence-corrected chi connectivity index (χ4v) is 4.15. The fraction of sp³-hybridized carbons (Fsp3) is 0.300. The predicted molar refractivity (Wildman–Crippen MR) is 100 cm³/mol. The number of carbonyl (C=O) groups excluding carboxylic acids is 2. The molecular weight excluding hydrogens is 366 g/mol. The Labute approximate surface area is 160 Å². The SMILES string of the molecule is CCCN1C(=O)C(O)=C(C(=O)c2cccs2)C1c1ccc2c(c1)OCCO2. The van der Waals surface area contributed by atoms with Gasteiger partial charge in [-0.25, -0.2) is 0 Å². The minimum Gasteiger partial charge on any atom is -0.503 e. The average Bonchev–Trinajstić information content (AvgIpc) is 3.31. The van der Waals surface area contributed by atoms with Crippen LogP contribution in [0.5, 0.6) is 11.5 Å². The monoisotopic (exact) mass is 385 g/mol. The van der Waals surface area contributed by atoms with Crippen LogP contribution in [0.25, 0.3) is 0 Å². The summed E-state index contributed by atoms with van der Waals surface area (Å²) in [5.41, 5.74) is 0.831. The van der Waals surface area contributed by atoms with Gasteiger partial charge in [-0.15, -0.1) is 11.3 Å². The Morgan fingerprint density at radius 2 is 2.04 bits per heavy atom. The van der Waals surface area contributed by atoms with Crippen LogP contribution in [0.1, 0.15) is 34.6 Å². The van der Waals surface area contributed by atoms with Crippen molar-refractivity contribution in [2.24, 2.45) is 0 Å². The van der Waals surface area contributed by atoms with E-state index in [9.17, 15) is 14.7 Å². The van der Waals surface area contributed by atoms with Crippen LogP contribution in [0.2, 0.25) is 0 Å². The summed E-state index contributed by atoms with van der Waals surface area (Å²) in [6.45, 7) is 3.31. The first kappa shape index (κ1) is 17.6. The van der Waals surface area contributed by atoms with E-state index in [2.05, 4.69) is 0 Å². The van der Waals surface area contributed by atoms with Gasteiger partial charge in [0.15, 0.2) is 17.3 Å². The van der Waals surface area contributed by atoms with Crippen molar-refractivity contribution in [2.75, 3.05) is 19.8 Å². The van der Waals surface area contributed by atoms with Gasteiger partial charge in [0.05, 0.1) is 16.5 Å². The number of ketones is 1. The maximum absolute atomic E-state index is 13.0. The number of hydrogen-bond acceptors (Lipinski definition) is 6. The molecule has 27 heavy (non-hydrogen) atoms. The van der Waals surface area contributed by atoms with Crippen LogP contribution >= 0.6 is 11.3 Å². The lowest BCUT2D eigenvalue weighted by Gasteiger charge is -2.27. The number of hydrogen-bond donors (Lipinski definition) is 1. The molecule has 1 amide bonds.